The van der Waals surface area contributed by atoms with E-state index >= 15 is 0 Å². The van der Waals surface area contributed by atoms with Gasteiger partial charge in [-0.2, -0.15) is 0 Å². The molecule has 2 aromatic heterocycles. The SMILES string of the molecule is COCCN1CCn2cc(CNC(=O)c3cccn3C)nc2C1. The quantitative estimate of drug-likeness (QED) is 0.848. The van der Waals surface area contributed by atoms with Crippen molar-refractivity contribution >= 4 is 5.91 Å². The zero-order chi connectivity index (χ0) is 16.2. The van der Waals surface area contributed by atoms with Gasteiger partial charge < -0.3 is 19.2 Å². The first-order valence-corrected chi connectivity index (χ1v) is 7.83. The van der Waals surface area contributed by atoms with Crippen LogP contribution in [0.4, 0.5) is 0 Å². The fraction of sp³-hybridized carbons (Fsp3) is 0.500. The molecule has 0 radical (unpaired) electrons. The van der Waals surface area contributed by atoms with Crippen molar-refractivity contribution in [2.45, 2.75) is 19.6 Å². The topological polar surface area (TPSA) is 64.3 Å². The lowest BCUT2D eigenvalue weighted by molar-refractivity contribution is 0.0942. The molecule has 1 aliphatic rings. The summed E-state index contributed by atoms with van der Waals surface area (Å²) in [7, 11) is 3.58. The number of nitrogens with one attached hydrogen (secondary N) is 1. The molecule has 0 unspecified atom stereocenters. The third kappa shape index (κ3) is 3.62. The monoisotopic (exact) mass is 317 g/mol. The average molecular weight is 317 g/mol. The first-order valence-electron chi connectivity index (χ1n) is 7.83. The van der Waals surface area contributed by atoms with Crippen LogP contribution < -0.4 is 5.32 Å². The Morgan fingerprint density at radius 2 is 2.30 bits per heavy atom. The Morgan fingerprint density at radius 1 is 1.43 bits per heavy atom. The number of ether oxygens (including phenoxy) is 1. The molecule has 7 nitrogen and oxygen atoms in total. The van der Waals surface area contributed by atoms with Crippen LogP contribution in [0, 0.1) is 0 Å². The molecule has 7 heteroatoms. The van der Waals surface area contributed by atoms with Crippen molar-refractivity contribution in [3.63, 3.8) is 0 Å². The molecule has 1 amide bonds. The summed E-state index contributed by atoms with van der Waals surface area (Å²) in [6.07, 6.45) is 3.90. The van der Waals surface area contributed by atoms with Crippen molar-refractivity contribution in [3.05, 3.63) is 41.7 Å². The standard InChI is InChI=1S/C16H23N5O2/c1-19-5-3-4-14(19)16(22)17-10-13-11-21-7-6-20(8-9-23-2)12-15(21)18-13/h3-5,11H,6-10,12H2,1-2H3,(H,17,22). The lowest BCUT2D eigenvalue weighted by Gasteiger charge is -2.26. The molecule has 3 heterocycles. The van der Waals surface area contributed by atoms with E-state index in [2.05, 4.69) is 19.8 Å². The van der Waals surface area contributed by atoms with Crippen LogP contribution >= 0.6 is 0 Å². The van der Waals surface area contributed by atoms with Crippen LogP contribution in [-0.2, 0) is 31.4 Å². The zero-order valence-electron chi connectivity index (χ0n) is 13.7. The van der Waals surface area contributed by atoms with Crippen LogP contribution in [0.3, 0.4) is 0 Å². The number of hydrogen-bond acceptors (Lipinski definition) is 4. The van der Waals surface area contributed by atoms with Gasteiger partial charge in [0.1, 0.15) is 11.5 Å². The average Bonchev–Trinajstić information content (AvgIpc) is 3.15. The Balaban J connectivity index is 1.57. The third-order valence-corrected chi connectivity index (χ3v) is 4.15. The van der Waals surface area contributed by atoms with Crippen molar-refractivity contribution in [2.75, 3.05) is 26.8 Å². The van der Waals surface area contributed by atoms with Gasteiger partial charge in [0.25, 0.3) is 5.91 Å². The largest absolute Gasteiger partial charge is 0.383 e. The van der Waals surface area contributed by atoms with Gasteiger partial charge in [-0.05, 0) is 12.1 Å². The van der Waals surface area contributed by atoms with E-state index in [0.717, 1.165) is 44.3 Å². The second-order valence-corrected chi connectivity index (χ2v) is 5.80. The van der Waals surface area contributed by atoms with E-state index in [1.54, 1.807) is 17.7 Å². The molecule has 1 aliphatic heterocycles. The molecule has 0 saturated heterocycles. The Labute approximate surface area is 135 Å². The highest BCUT2D eigenvalue weighted by Gasteiger charge is 2.18. The van der Waals surface area contributed by atoms with Gasteiger partial charge in [0.15, 0.2) is 0 Å². The maximum Gasteiger partial charge on any atom is 0.268 e. The number of fused-ring (bicyclic) bond motifs is 1. The van der Waals surface area contributed by atoms with Gasteiger partial charge in [-0.3, -0.25) is 9.69 Å². The van der Waals surface area contributed by atoms with Gasteiger partial charge in [0.2, 0.25) is 0 Å². The Kier molecular flexibility index (Phi) is 4.78. The summed E-state index contributed by atoms with van der Waals surface area (Å²) >= 11 is 0. The Bertz CT molecular complexity index is 676. The lowest BCUT2D eigenvalue weighted by Crippen LogP contribution is -2.35. The highest BCUT2D eigenvalue weighted by Crippen LogP contribution is 2.12. The molecule has 124 valence electrons. The summed E-state index contributed by atoms with van der Waals surface area (Å²) in [6.45, 7) is 4.86. The van der Waals surface area contributed by atoms with Gasteiger partial charge in [0, 0.05) is 46.2 Å². The Morgan fingerprint density at radius 3 is 3.04 bits per heavy atom. The van der Waals surface area contributed by atoms with Crippen LogP contribution in [0.1, 0.15) is 22.0 Å². The normalized spacial score (nSPS) is 14.7. The van der Waals surface area contributed by atoms with Gasteiger partial charge in [-0.25, -0.2) is 4.98 Å². The number of aromatic nitrogens is 3. The summed E-state index contributed by atoms with van der Waals surface area (Å²) < 4.78 is 9.11. The Hall–Kier alpha value is -2.12. The van der Waals surface area contributed by atoms with E-state index in [9.17, 15) is 4.79 Å². The van der Waals surface area contributed by atoms with Crippen molar-refractivity contribution in [1.29, 1.82) is 0 Å². The number of imidazole rings is 1. The predicted octanol–water partition coefficient (Wildman–Crippen LogP) is 0.614. The summed E-state index contributed by atoms with van der Waals surface area (Å²) in [4.78, 5) is 19.1. The van der Waals surface area contributed by atoms with Crippen LogP contribution in [0.2, 0.25) is 0 Å². The van der Waals surface area contributed by atoms with E-state index in [4.69, 9.17) is 4.74 Å². The molecule has 0 spiro atoms. The number of methoxy groups -OCH3 is 1. The summed E-state index contributed by atoms with van der Waals surface area (Å²) in [5.74, 6) is 0.973. The summed E-state index contributed by atoms with van der Waals surface area (Å²) in [6, 6.07) is 3.67. The van der Waals surface area contributed by atoms with Crippen LogP contribution in [0.25, 0.3) is 0 Å². The van der Waals surface area contributed by atoms with Crippen LogP contribution in [0.15, 0.2) is 24.5 Å². The van der Waals surface area contributed by atoms with Crippen molar-refractivity contribution < 1.29 is 9.53 Å². The molecular formula is C16H23N5O2. The first-order chi connectivity index (χ1) is 11.2. The molecule has 0 aromatic carbocycles. The van der Waals surface area contributed by atoms with E-state index < -0.39 is 0 Å². The van der Waals surface area contributed by atoms with E-state index in [0.29, 0.717) is 12.2 Å². The maximum absolute atomic E-state index is 12.1. The zero-order valence-corrected chi connectivity index (χ0v) is 13.7. The highest BCUT2D eigenvalue weighted by molar-refractivity contribution is 5.92. The van der Waals surface area contributed by atoms with Gasteiger partial charge in [0.05, 0.1) is 25.4 Å². The molecule has 0 fully saturated rings. The number of nitrogens with zero attached hydrogens (tertiary/aromatic N) is 4. The third-order valence-electron chi connectivity index (χ3n) is 4.15. The smallest absolute Gasteiger partial charge is 0.268 e. The maximum atomic E-state index is 12.1. The number of hydrogen-bond donors (Lipinski definition) is 1. The minimum Gasteiger partial charge on any atom is -0.383 e. The molecule has 0 aliphatic carbocycles. The summed E-state index contributed by atoms with van der Waals surface area (Å²) in [5, 5.41) is 2.93. The lowest BCUT2D eigenvalue weighted by atomic mass is 10.3. The minimum absolute atomic E-state index is 0.0785. The van der Waals surface area contributed by atoms with Crippen molar-refractivity contribution in [2.24, 2.45) is 7.05 Å². The van der Waals surface area contributed by atoms with Gasteiger partial charge in [-0.15, -0.1) is 0 Å². The molecule has 2 aromatic rings. The number of carbonyl (C=O) groups excluding carboxylic acids is 1. The molecular weight excluding hydrogens is 294 g/mol. The highest BCUT2D eigenvalue weighted by atomic mass is 16.5. The second-order valence-electron chi connectivity index (χ2n) is 5.80. The number of amides is 1. The molecule has 3 rings (SSSR count). The first kappa shape index (κ1) is 15.8. The van der Waals surface area contributed by atoms with Crippen LogP contribution in [0.5, 0.6) is 0 Å². The number of aryl methyl sites for hydroxylation is 1. The fourth-order valence-corrected chi connectivity index (χ4v) is 2.82. The molecule has 0 atom stereocenters. The van der Waals surface area contributed by atoms with E-state index in [1.165, 1.54) is 0 Å². The van der Waals surface area contributed by atoms with Crippen molar-refractivity contribution in [1.82, 2.24) is 24.3 Å². The van der Waals surface area contributed by atoms with E-state index in [1.807, 2.05) is 25.5 Å². The van der Waals surface area contributed by atoms with E-state index in [-0.39, 0.29) is 5.91 Å². The summed E-state index contributed by atoms with van der Waals surface area (Å²) in [5.41, 5.74) is 1.55. The number of rotatable bonds is 6. The molecule has 0 saturated carbocycles. The fourth-order valence-electron chi connectivity index (χ4n) is 2.82. The minimum atomic E-state index is -0.0785. The van der Waals surface area contributed by atoms with Crippen LogP contribution in [-0.4, -0.2) is 51.7 Å². The second kappa shape index (κ2) is 6.97. The number of carbonyl (C=O) groups is 1. The van der Waals surface area contributed by atoms with Crippen molar-refractivity contribution in [3.8, 4) is 0 Å². The molecule has 1 N–H and O–H groups in total. The molecule has 23 heavy (non-hydrogen) atoms. The van der Waals surface area contributed by atoms with Gasteiger partial charge in [-0.1, -0.05) is 0 Å². The van der Waals surface area contributed by atoms with Gasteiger partial charge >= 0.3 is 0 Å². The predicted molar refractivity (Wildman–Crippen MR) is 86.0 cm³/mol. The molecule has 0 bridgehead atoms.